The van der Waals surface area contributed by atoms with Crippen LogP contribution in [0.3, 0.4) is 0 Å². The molecule has 0 N–H and O–H groups in total. The van der Waals surface area contributed by atoms with Crippen molar-refractivity contribution in [3.8, 4) is 0 Å². The Morgan fingerprint density at radius 2 is 1.00 bits per heavy atom. The first kappa shape index (κ1) is 22.5. The second kappa shape index (κ2) is 47.7. The number of hydrogen-bond donors (Lipinski definition) is 0. The van der Waals surface area contributed by atoms with Crippen LogP contribution in [0.2, 0.25) is 0 Å². The molecule has 1 rings (SSSR count). The summed E-state index contributed by atoms with van der Waals surface area (Å²) in [6.45, 7) is 13.5. The van der Waals surface area contributed by atoms with Gasteiger partial charge in [0.1, 0.15) is 0 Å². The Kier molecular flexibility index (Phi) is 89.5. The van der Waals surface area contributed by atoms with Gasteiger partial charge in [0.2, 0.25) is 0 Å². The third kappa shape index (κ3) is 34.4. The first-order valence-electron chi connectivity index (χ1n) is 2.43. The number of allylic oxidation sites excluding steroid dienone is 4. The molecule has 4 heteroatoms. The minimum absolute atomic E-state index is 0. The molecule has 0 atom stereocenters. The SMILES string of the molecule is C1=CCC=C1.[C-]#[O+].[C-]#[O+].[C-]#[O+].[Re]. The van der Waals surface area contributed by atoms with Gasteiger partial charge in [-0.25, -0.2) is 0 Å². The summed E-state index contributed by atoms with van der Waals surface area (Å²) in [7, 11) is 0. The first-order chi connectivity index (χ1) is 5.50. The predicted octanol–water partition coefficient (Wildman–Crippen LogP) is 1.39. The number of hydrogen-bond acceptors (Lipinski definition) is 0. The van der Waals surface area contributed by atoms with Gasteiger partial charge >= 0.3 is 33.9 Å². The molecular weight excluding hydrogens is 330 g/mol. The fraction of sp³-hybridized carbons (Fsp3) is 0.125. The van der Waals surface area contributed by atoms with Crippen molar-refractivity contribution in [3.05, 3.63) is 44.3 Å². The summed E-state index contributed by atoms with van der Waals surface area (Å²) in [6.07, 6.45) is 9.50. The molecule has 1 radical (unpaired) electrons. The van der Waals surface area contributed by atoms with Crippen LogP contribution in [-0.4, -0.2) is 0 Å². The van der Waals surface area contributed by atoms with Crippen LogP contribution < -0.4 is 0 Å². The van der Waals surface area contributed by atoms with Crippen molar-refractivity contribution in [1.82, 2.24) is 0 Å². The molecule has 0 aliphatic heterocycles. The van der Waals surface area contributed by atoms with E-state index in [2.05, 4.69) is 44.3 Å². The molecule has 0 spiro atoms. The predicted molar refractivity (Wildman–Crippen MR) is 34.7 cm³/mol. The zero-order valence-corrected chi connectivity index (χ0v) is 8.84. The van der Waals surface area contributed by atoms with Gasteiger partial charge in [-0.15, -0.1) is 0 Å². The van der Waals surface area contributed by atoms with Crippen LogP contribution in [-0.2, 0) is 34.4 Å². The molecule has 0 aromatic carbocycles. The van der Waals surface area contributed by atoms with Crippen LogP contribution in [0.4, 0.5) is 0 Å². The largest absolute Gasteiger partial charge is 0 e. The molecule has 0 aromatic rings. The van der Waals surface area contributed by atoms with E-state index in [1.54, 1.807) is 0 Å². The van der Waals surface area contributed by atoms with Gasteiger partial charge in [-0.2, -0.15) is 0 Å². The molecule has 0 unspecified atom stereocenters. The van der Waals surface area contributed by atoms with E-state index in [1.165, 1.54) is 0 Å². The quantitative estimate of drug-likeness (QED) is 0.474. The molecule has 0 saturated carbocycles. The Morgan fingerprint density at radius 1 is 0.750 bits per heavy atom. The molecule has 63 valence electrons. The zero-order chi connectivity index (χ0) is 9.54. The third-order valence-electron chi connectivity index (χ3n) is 0.655. The Labute approximate surface area is 85.3 Å². The van der Waals surface area contributed by atoms with Crippen LogP contribution >= 0.6 is 0 Å². The maximum atomic E-state index is 7.50. The van der Waals surface area contributed by atoms with Gasteiger partial charge in [0.05, 0.1) is 0 Å². The summed E-state index contributed by atoms with van der Waals surface area (Å²) in [6, 6.07) is 0. The van der Waals surface area contributed by atoms with Gasteiger partial charge in [-0.05, 0) is 6.42 Å². The minimum atomic E-state index is 0. The topological polar surface area (TPSA) is 59.7 Å². The molecule has 0 fully saturated rings. The molecule has 0 amide bonds. The zero-order valence-electron chi connectivity index (χ0n) is 6.12. The number of rotatable bonds is 0. The minimum Gasteiger partial charge on any atom is 0 e. The van der Waals surface area contributed by atoms with E-state index in [4.69, 9.17) is 14.0 Å². The van der Waals surface area contributed by atoms with Gasteiger partial charge in [-0.1, -0.05) is 24.3 Å². The molecule has 3 nitrogen and oxygen atoms in total. The second-order valence-electron chi connectivity index (χ2n) is 1.09. The average Bonchev–Trinajstić information content (AvgIpc) is 2.71. The fourth-order valence-electron chi connectivity index (χ4n) is 0.393. The Morgan fingerprint density at radius 3 is 1.08 bits per heavy atom. The summed E-state index contributed by atoms with van der Waals surface area (Å²) >= 11 is 0. The van der Waals surface area contributed by atoms with E-state index in [0.717, 1.165) is 6.42 Å². The summed E-state index contributed by atoms with van der Waals surface area (Å²) in [4.78, 5) is 0. The monoisotopic (exact) mass is 337 g/mol. The molecule has 1 aliphatic carbocycles. The van der Waals surface area contributed by atoms with Gasteiger partial charge in [0.25, 0.3) is 0 Å². The maximum absolute atomic E-state index is 7.50. The van der Waals surface area contributed by atoms with Crippen LogP contribution in [0.5, 0.6) is 0 Å². The van der Waals surface area contributed by atoms with Crippen molar-refractivity contribution in [1.29, 1.82) is 0 Å². The normalized spacial score (nSPS) is 7.83. The van der Waals surface area contributed by atoms with Crippen molar-refractivity contribution in [2.75, 3.05) is 0 Å². The van der Waals surface area contributed by atoms with Crippen molar-refractivity contribution < 1.29 is 34.4 Å². The molecule has 0 heterocycles. The average molecular weight is 336 g/mol. The molecule has 0 bridgehead atoms. The molecule has 12 heavy (non-hydrogen) atoms. The van der Waals surface area contributed by atoms with Gasteiger partial charge < -0.3 is 0 Å². The van der Waals surface area contributed by atoms with Crippen molar-refractivity contribution in [2.24, 2.45) is 0 Å². The molecule has 1 aliphatic rings. The van der Waals surface area contributed by atoms with Gasteiger partial charge in [0.15, 0.2) is 0 Å². The van der Waals surface area contributed by atoms with Crippen LogP contribution in [0.25, 0.3) is 0 Å². The van der Waals surface area contributed by atoms with Crippen LogP contribution in [0.15, 0.2) is 24.3 Å². The van der Waals surface area contributed by atoms with Crippen LogP contribution in [0.1, 0.15) is 6.42 Å². The summed E-state index contributed by atoms with van der Waals surface area (Å²) in [5.74, 6) is 0. The maximum Gasteiger partial charge on any atom is 0 e. The van der Waals surface area contributed by atoms with Gasteiger partial charge in [-0.3, -0.25) is 0 Å². The van der Waals surface area contributed by atoms with E-state index in [9.17, 15) is 0 Å². The Hall–Kier alpha value is -0.638. The fourth-order valence-corrected chi connectivity index (χ4v) is 0.393. The Bertz CT molecular complexity index is 141. The van der Waals surface area contributed by atoms with Gasteiger partial charge in [0, 0.05) is 20.4 Å². The standard InChI is InChI=1S/C5H6.3CO.Re/c1-2-4-5-3-1;3*1-2;/h1-4H,5H2;;;;. The molecule has 0 aromatic heterocycles. The first-order valence-corrected chi connectivity index (χ1v) is 2.43. The van der Waals surface area contributed by atoms with E-state index in [0.29, 0.717) is 0 Å². The van der Waals surface area contributed by atoms with E-state index >= 15 is 0 Å². The van der Waals surface area contributed by atoms with E-state index in [1.807, 2.05) is 0 Å². The summed E-state index contributed by atoms with van der Waals surface area (Å²) in [5.41, 5.74) is 0. The smallest absolute Gasteiger partial charge is 0 e. The Balaban J connectivity index is -0.0000000406. The third-order valence-corrected chi connectivity index (χ3v) is 0.655. The summed E-state index contributed by atoms with van der Waals surface area (Å²) < 4.78 is 22.5. The van der Waals surface area contributed by atoms with Crippen molar-refractivity contribution in [3.63, 3.8) is 0 Å². The molecular formula is C8H6O3Re. The van der Waals surface area contributed by atoms with E-state index < -0.39 is 0 Å². The van der Waals surface area contributed by atoms with E-state index in [-0.39, 0.29) is 20.4 Å². The molecule has 0 saturated heterocycles. The van der Waals surface area contributed by atoms with Crippen LogP contribution in [0, 0.1) is 20.0 Å². The summed E-state index contributed by atoms with van der Waals surface area (Å²) in [5, 5.41) is 0. The second-order valence-corrected chi connectivity index (χ2v) is 1.09. The van der Waals surface area contributed by atoms with Crippen molar-refractivity contribution >= 4 is 0 Å². The van der Waals surface area contributed by atoms with Crippen molar-refractivity contribution in [2.45, 2.75) is 6.42 Å².